The molecule has 0 aromatic heterocycles. The third-order valence-corrected chi connectivity index (χ3v) is 2.99. The molecule has 18 heavy (non-hydrogen) atoms. The van der Waals surface area contributed by atoms with Crippen LogP contribution in [0.1, 0.15) is 32.4 Å². The molecule has 1 heterocycles. The number of nitro groups is 1. The third-order valence-electron chi connectivity index (χ3n) is 2.99. The largest absolute Gasteiger partial charge is 0.454 e. The number of rotatable bonds is 2. The van der Waals surface area contributed by atoms with Crippen molar-refractivity contribution in [1.29, 1.82) is 0 Å². The Bertz CT molecular complexity index is 494. The molecule has 2 N–H and O–H groups in total. The number of nitrogens with zero attached hydrogens (tertiary/aromatic N) is 1. The van der Waals surface area contributed by atoms with E-state index in [9.17, 15) is 10.1 Å². The minimum atomic E-state index is -0.451. The van der Waals surface area contributed by atoms with Crippen molar-refractivity contribution in [1.82, 2.24) is 0 Å². The van der Waals surface area contributed by atoms with Gasteiger partial charge in [0.2, 0.25) is 6.79 Å². The highest BCUT2D eigenvalue weighted by Crippen LogP contribution is 2.43. The predicted octanol–water partition coefficient (Wildman–Crippen LogP) is 2.37. The molecule has 0 unspecified atom stereocenters. The Morgan fingerprint density at radius 2 is 1.89 bits per heavy atom. The van der Waals surface area contributed by atoms with E-state index in [0.29, 0.717) is 17.1 Å². The van der Waals surface area contributed by atoms with Crippen molar-refractivity contribution < 1.29 is 14.4 Å². The molecule has 1 aliphatic heterocycles. The summed E-state index contributed by atoms with van der Waals surface area (Å²) in [4.78, 5) is 10.7. The first-order valence-corrected chi connectivity index (χ1v) is 5.64. The molecule has 6 nitrogen and oxygen atoms in total. The Kier molecular flexibility index (Phi) is 2.90. The SMILES string of the molecule is CC(C)(C)[C@H](N)c1cc2c(cc1[N+](=O)[O-])OCO2. The van der Waals surface area contributed by atoms with Crippen LogP contribution in [-0.2, 0) is 0 Å². The smallest absolute Gasteiger partial charge is 0.278 e. The maximum absolute atomic E-state index is 11.1. The van der Waals surface area contributed by atoms with Crippen LogP contribution in [0.25, 0.3) is 0 Å². The molecule has 0 aliphatic carbocycles. The predicted molar refractivity (Wildman–Crippen MR) is 65.6 cm³/mol. The lowest BCUT2D eigenvalue weighted by Crippen LogP contribution is -2.27. The second kappa shape index (κ2) is 4.13. The summed E-state index contributed by atoms with van der Waals surface area (Å²) in [5.74, 6) is 0.904. The Hall–Kier alpha value is -1.82. The lowest BCUT2D eigenvalue weighted by atomic mass is 9.82. The van der Waals surface area contributed by atoms with Crippen molar-refractivity contribution in [3.8, 4) is 11.5 Å². The van der Waals surface area contributed by atoms with Crippen LogP contribution in [0.3, 0.4) is 0 Å². The molecule has 0 fully saturated rings. The van der Waals surface area contributed by atoms with E-state index in [2.05, 4.69) is 0 Å². The van der Waals surface area contributed by atoms with Crippen LogP contribution in [-0.4, -0.2) is 11.7 Å². The van der Waals surface area contributed by atoms with Crippen molar-refractivity contribution in [3.63, 3.8) is 0 Å². The molecule has 0 bridgehead atoms. The van der Waals surface area contributed by atoms with Gasteiger partial charge in [0.1, 0.15) is 0 Å². The average Bonchev–Trinajstić information content (AvgIpc) is 2.71. The third kappa shape index (κ3) is 2.11. The van der Waals surface area contributed by atoms with Gasteiger partial charge in [0.25, 0.3) is 5.69 Å². The first-order valence-electron chi connectivity index (χ1n) is 5.64. The van der Waals surface area contributed by atoms with Crippen LogP contribution in [0.2, 0.25) is 0 Å². The maximum atomic E-state index is 11.1. The number of hydrogen-bond donors (Lipinski definition) is 1. The Labute approximate surface area is 105 Å². The highest BCUT2D eigenvalue weighted by Gasteiger charge is 2.31. The van der Waals surface area contributed by atoms with Crippen molar-refractivity contribution in [2.24, 2.45) is 11.1 Å². The zero-order valence-corrected chi connectivity index (χ0v) is 10.6. The average molecular weight is 252 g/mol. The van der Waals surface area contributed by atoms with Crippen molar-refractivity contribution >= 4 is 5.69 Å². The minimum absolute atomic E-state index is 0.0262. The fraction of sp³-hybridized carbons (Fsp3) is 0.500. The molecule has 1 atom stereocenters. The fourth-order valence-electron chi connectivity index (χ4n) is 1.82. The molecule has 0 radical (unpaired) electrons. The number of nitrogens with two attached hydrogens (primary N) is 1. The van der Waals surface area contributed by atoms with E-state index in [0.717, 1.165) is 0 Å². The molecule has 1 aromatic carbocycles. The van der Waals surface area contributed by atoms with Gasteiger partial charge in [-0.25, -0.2) is 0 Å². The van der Waals surface area contributed by atoms with Crippen LogP contribution < -0.4 is 15.2 Å². The second-order valence-electron chi connectivity index (χ2n) is 5.37. The summed E-state index contributed by atoms with van der Waals surface area (Å²) < 4.78 is 10.4. The molecule has 0 saturated carbocycles. The number of fused-ring (bicyclic) bond motifs is 1. The van der Waals surface area contributed by atoms with E-state index in [4.69, 9.17) is 15.2 Å². The Balaban J connectivity index is 2.55. The van der Waals surface area contributed by atoms with Gasteiger partial charge in [0, 0.05) is 6.04 Å². The van der Waals surface area contributed by atoms with E-state index < -0.39 is 11.0 Å². The van der Waals surface area contributed by atoms with Crippen molar-refractivity contribution in [2.45, 2.75) is 26.8 Å². The lowest BCUT2D eigenvalue weighted by molar-refractivity contribution is -0.385. The van der Waals surface area contributed by atoms with E-state index in [-0.39, 0.29) is 17.9 Å². The van der Waals surface area contributed by atoms with Crippen LogP contribution in [0.15, 0.2) is 12.1 Å². The monoisotopic (exact) mass is 252 g/mol. The van der Waals surface area contributed by atoms with Gasteiger partial charge in [0.15, 0.2) is 11.5 Å². The molecule has 0 spiro atoms. The second-order valence-corrected chi connectivity index (χ2v) is 5.37. The molecule has 1 aliphatic rings. The molecule has 6 heteroatoms. The summed E-state index contributed by atoms with van der Waals surface area (Å²) in [5.41, 5.74) is 6.27. The topological polar surface area (TPSA) is 87.6 Å². The summed E-state index contributed by atoms with van der Waals surface area (Å²) in [6.07, 6.45) is 0. The molecular formula is C12H16N2O4. The van der Waals surface area contributed by atoms with E-state index >= 15 is 0 Å². The first kappa shape index (κ1) is 12.6. The van der Waals surface area contributed by atoms with E-state index in [1.807, 2.05) is 20.8 Å². The molecule has 0 amide bonds. The standard InChI is InChI=1S/C12H16N2O4/c1-12(2,3)11(13)7-4-9-10(18-6-17-9)5-8(7)14(15)16/h4-5,11H,6,13H2,1-3H3/t11-/m1/s1. The minimum Gasteiger partial charge on any atom is -0.454 e. The van der Waals surface area contributed by atoms with Crippen molar-refractivity contribution in [3.05, 3.63) is 27.8 Å². The van der Waals surface area contributed by atoms with Crippen LogP contribution >= 0.6 is 0 Å². The first-order chi connectivity index (χ1) is 8.30. The fourth-order valence-corrected chi connectivity index (χ4v) is 1.82. The quantitative estimate of drug-likeness (QED) is 0.644. The van der Waals surface area contributed by atoms with Crippen LogP contribution in [0, 0.1) is 15.5 Å². The normalized spacial score (nSPS) is 15.6. The molecule has 2 rings (SSSR count). The van der Waals surface area contributed by atoms with Gasteiger partial charge in [-0.05, 0) is 11.5 Å². The molecular weight excluding hydrogens is 236 g/mol. The van der Waals surface area contributed by atoms with Gasteiger partial charge in [-0.1, -0.05) is 20.8 Å². The number of hydrogen-bond acceptors (Lipinski definition) is 5. The number of benzene rings is 1. The van der Waals surface area contributed by atoms with Gasteiger partial charge in [-0.2, -0.15) is 0 Å². The zero-order valence-electron chi connectivity index (χ0n) is 10.6. The van der Waals surface area contributed by atoms with E-state index in [1.54, 1.807) is 6.07 Å². The molecule has 0 saturated heterocycles. The Morgan fingerprint density at radius 3 is 2.39 bits per heavy atom. The molecule has 98 valence electrons. The number of nitro benzene ring substituents is 1. The number of ether oxygens (including phenoxy) is 2. The van der Waals surface area contributed by atoms with Gasteiger partial charge in [-0.3, -0.25) is 10.1 Å². The van der Waals surface area contributed by atoms with Crippen LogP contribution in [0.4, 0.5) is 5.69 Å². The highest BCUT2D eigenvalue weighted by molar-refractivity contribution is 5.56. The lowest BCUT2D eigenvalue weighted by Gasteiger charge is -2.27. The summed E-state index contributed by atoms with van der Waals surface area (Å²) in [6.45, 7) is 5.89. The summed E-state index contributed by atoms with van der Waals surface area (Å²) in [5, 5.41) is 11.1. The summed E-state index contributed by atoms with van der Waals surface area (Å²) in [6, 6.07) is 2.53. The zero-order chi connectivity index (χ0) is 13.5. The van der Waals surface area contributed by atoms with Gasteiger partial charge in [0.05, 0.1) is 16.6 Å². The van der Waals surface area contributed by atoms with Gasteiger partial charge >= 0.3 is 0 Å². The molecule has 1 aromatic rings. The Morgan fingerprint density at radius 1 is 1.33 bits per heavy atom. The van der Waals surface area contributed by atoms with Crippen LogP contribution in [0.5, 0.6) is 11.5 Å². The summed E-state index contributed by atoms with van der Waals surface area (Å²) >= 11 is 0. The van der Waals surface area contributed by atoms with Gasteiger partial charge < -0.3 is 15.2 Å². The summed E-state index contributed by atoms with van der Waals surface area (Å²) in [7, 11) is 0. The van der Waals surface area contributed by atoms with Gasteiger partial charge in [-0.15, -0.1) is 0 Å². The highest BCUT2D eigenvalue weighted by atomic mass is 16.7. The van der Waals surface area contributed by atoms with Crippen molar-refractivity contribution in [2.75, 3.05) is 6.79 Å². The van der Waals surface area contributed by atoms with E-state index in [1.165, 1.54) is 6.07 Å². The maximum Gasteiger partial charge on any atom is 0.278 e.